The van der Waals surface area contributed by atoms with Crippen molar-refractivity contribution >= 4 is 0 Å². The fourth-order valence-corrected chi connectivity index (χ4v) is 2.20. The molecule has 0 aliphatic carbocycles. The molecule has 3 N–H and O–H groups in total. The van der Waals surface area contributed by atoms with E-state index < -0.39 is 5.54 Å². The topological polar surface area (TPSA) is 67.3 Å². The quantitative estimate of drug-likeness (QED) is 0.768. The number of nitrogens with zero attached hydrogens (tertiary/aromatic N) is 3. The second-order valence-electron chi connectivity index (χ2n) is 5.23. The summed E-state index contributed by atoms with van der Waals surface area (Å²) in [5.41, 5.74) is 5.47. The van der Waals surface area contributed by atoms with E-state index in [1.54, 1.807) is 0 Å². The molecule has 1 aliphatic rings. The van der Waals surface area contributed by atoms with Gasteiger partial charge in [0.15, 0.2) is 0 Å². The molecule has 1 unspecified atom stereocenters. The molecule has 0 bridgehead atoms. The lowest BCUT2D eigenvalue weighted by Gasteiger charge is -2.29. The summed E-state index contributed by atoms with van der Waals surface area (Å²) in [5, 5.41) is 9.08. The number of aliphatic hydroxyl groups excluding tert-OH is 1. The monoisotopic (exact) mass is 238 g/mol. The van der Waals surface area contributed by atoms with Gasteiger partial charge in [0.05, 0.1) is 13.2 Å². The van der Waals surface area contributed by atoms with Crippen LogP contribution in [0.2, 0.25) is 0 Å². The number of imidazole rings is 1. The highest BCUT2D eigenvalue weighted by Gasteiger charge is 2.19. The van der Waals surface area contributed by atoms with Crippen LogP contribution >= 0.6 is 0 Å². The first-order chi connectivity index (χ1) is 8.11. The van der Waals surface area contributed by atoms with Crippen molar-refractivity contribution in [3.63, 3.8) is 0 Å². The second kappa shape index (κ2) is 5.16. The van der Waals surface area contributed by atoms with E-state index in [1.165, 1.54) is 0 Å². The van der Waals surface area contributed by atoms with Crippen LogP contribution < -0.4 is 5.73 Å². The summed E-state index contributed by atoms with van der Waals surface area (Å²) in [6.07, 6.45) is 5.78. The van der Waals surface area contributed by atoms with E-state index >= 15 is 0 Å². The highest BCUT2D eigenvalue weighted by atomic mass is 16.3. The van der Waals surface area contributed by atoms with Crippen molar-refractivity contribution in [2.24, 2.45) is 5.73 Å². The van der Waals surface area contributed by atoms with Crippen LogP contribution in [-0.2, 0) is 13.1 Å². The van der Waals surface area contributed by atoms with E-state index in [1.807, 2.05) is 19.3 Å². The molecule has 0 saturated heterocycles. The number of rotatable bonds is 5. The minimum absolute atomic E-state index is 0.0530. The van der Waals surface area contributed by atoms with Gasteiger partial charge in [0.25, 0.3) is 0 Å². The molecule has 1 aliphatic heterocycles. The maximum Gasteiger partial charge on any atom is 0.122 e. The van der Waals surface area contributed by atoms with Gasteiger partial charge >= 0.3 is 0 Å². The van der Waals surface area contributed by atoms with Gasteiger partial charge in [-0.1, -0.05) is 0 Å². The Balaban J connectivity index is 1.75. The summed E-state index contributed by atoms with van der Waals surface area (Å²) in [6, 6.07) is 0. The molecule has 5 nitrogen and oxygen atoms in total. The first-order valence-electron chi connectivity index (χ1n) is 6.23. The number of nitrogens with two attached hydrogens (primary N) is 1. The van der Waals surface area contributed by atoms with Gasteiger partial charge in [0, 0.05) is 31.0 Å². The Hall–Kier alpha value is -0.910. The average molecular weight is 238 g/mol. The van der Waals surface area contributed by atoms with Crippen molar-refractivity contribution < 1.29 is 5.11 Å². The van der Waals surface area contributed by atoms with Crippen LogP contribution in [0.5, 0.6) is 0 Å². The van der Waals surface area contributed by atoms with Crippen molar-refractivity contribution in [2.45, 2.75) is 38.4 Å². The lowest BCUT2D eigenvalue weighted by atomic mass is 9.98. The Labute approximate surface area is 102 Å². The van der Waals surface area contributed by atoms with Crippen LogP contribution in [0.15, 0.2) is 12.4 Å². The van der Waals surface area contributed by atoms with Gasteiger partial charge < -0.3 is 15.4 Å². The van der Waals surface area contributed by atoms with Gasteiger partial charge in [-0.15, -0.1) is 0 Å². The maximum absolute atomic E-state index is 9.08. The van der Waals surface area contributed by atoms with Crippen LogP contribution in [0.4, 0.5) is 0 Å². The van der Waals surface area contributed by atoms with E-state index in [4.69, 9.17) is 10.8 Å². The van der Waals surface area contributed by atoms with Crippen LogP contribution in [0.1, 0.15) is 25.6 Å². The summed E-state index contributed by atoms with van der Waals surface area (Å²) < 4.78 is 2.21. The van der Waals surface area contributed by atoms with Crippen molar-refractivity contribution in [3.05, 3.63) is 18.2 Å². The third-order valence-electron chi connectivity index (χ3n) is 3.41. The highest BCUT2D eigenvalue weighted by Crippen LogP contribution is 2.13. The van der Waals surface area contributed by atoms with E-state index in [2.05, 4.69) is 14.5 Å². The average Bonchev–Trinajstić information content (AvgIpc) is 2.76. The number of fused-ring (bicyclic) bond motifs is 1. The van der Waals surface area contributed by atoms with Crippen molar-refractivity contribution in [1.82, 2.24) is 14.5 Å². The van der Waals surface area contributed by atoms with Gasteiger partial charge in [-0.25, -0.2) is 4.98 Å². The first kappa shape index (κ1) is 12.5. The molecule has 0 radical (unpaired) electrons. The Morgan fingerprint density at radius 3 is 3.12 bits per heavy atom. The Morgan fingerprint density at radius 2 is 2.35 bits per heavy atom. The normalized spacial score (nSPS) is 19.9. The van der Waals surface area contributed by atoms with Gasteiger partial charge in [0.2, 0.25) is 0 Å². The Morgan fingerprint density at radius 1 is 1.53 bits per heavy atom. The SMILES string of the molecule is CC(N)(CO)CCCN1CCn2ccnc2C1. The molecule has 0 amide bonds. The highest BCUT2D eigenvalue weighted by molar-refractivity contribution is 4.95. The number of hydrogen-bond donors (Lipinski definition) is 2. The largest absolute Gasteiger partial charge is 0.394 e. The molecule has 0 aromatic carbocycles. The summed E-state index contributed by atoms with van der Waals surface area (Å²) in [4.78, 5) is 6.74. The fourth-order valence-electron chi connectivity index (χ4n) is 2.20. The molecule has 1 atom stereocenters. The van der Waals surface area contributed by atoms with Gasteiger partial charge in [-0.3, -0.25) is 4.90 Å². The molecule has 2 heterocycles. The predicted molar refractivity (Wildman–Crippen MR) is 66.4 cm³/mol. The minimum atomic E-state index is -0.436. The van der Waals surface area contributed by atoms with Crippen molar-refractivity contribution in [1.29, 1.82) is 0 Å². The molecule has 5 heteroatoms. The summed E-state index contributed by atoms with van der Waals surface area (Å²) in [6.45, 7) is 6.00. The van der Waals surface area contributed by atoms with Gasteiger partial charge in [-0.05, 0) is 26.3 Å². The smallest absolute Gasteiger partial charge is 0.122 e. The standard InChI is InChI=1S/C12H22N4O/c1-12(13,10-17)3-2-5-15-7-8-16-6-4-14-11(16)9-15/h4,6,17H,2-3,5,7-10,13H2,1H3. The third-order valence-corrected chi connectivity index (χ3v) is 3.41. The molecule has 0 spiro atoms. The molecule has 96 valence electrons. The van der Waals surface area contributed by atoms with Crippen molar-refractivity contribution in [2.75, 3.05) is 19.7 Å². The van der Waals surface area contributed by atoms with Crippen molar-refractivity contribution in [3.8, 4) is 0 Å². The summed E-state index contributed by atoms with van der Waals surface area (Å²) in [5.74, 6) is 1.15. The Bertz CT molecular complexity index is 361. The third kappa shape index (κ3) is 3.28. The van der Waals surface area contributed by atoms with E-state index in [0.717, 1.165) is 44.8 Å². The Kier molecular flexibility index (Phi) is 3.81. The fraction of sp³-hybridized carbons (Fsp3) is 0.750. The number of aliphatic hydroxyl groups is 1. The second-order valence-corrected chi connectivity index (χ2v) is 5.23. The molecule has 2 rings (SSSR count). The van der Waals surface area contributed by atoms with Crippen LogP contribution in [0.3, 0.4) is 0 Å². The molecule has 0 fully saturated rings. The zero-order valence-corrected chi connectivity index (χ0v) is 10.5. The summed E-state index contributed by atoms with van der Waals surface area (Å²) in [7, 11) is 0. The lowest BCUT2D eigenvalue weighted by Crippen LogP contribution is -2.41. The van der Waals surface area contributed by atoms with E-state index in [-0.39, 0.29) is 6.61 Å². The zero-order chi connectivity index (χ0) is 12.3. The molecular formula is C12H22N4O. The summed E-state index contributed by atoms with van der Waals surface area (Å²) >= 11 is 0. The molecule has 1 aromatic heterocycles. The minimum Gasteiger partial charge on any atom is -0.394 e. The maximum atomic E-state index is 9.08. The predicted octanol–water partition coefficient (Wildman–Crippen LogP) is 0.189. The van der Waals surface area contributed by atoms with Gasteiger partial charge in [0.1, 0.15) is 5.82 Å². The van der Waals surface area contributed by atoms with E-state index in [9.17, 15) is 0 Å². The molecular weight excluding hydrogens is 216 g/mol. The zero-order valence-electron chi connectivity index (χ0n) is 10.5. The lowest BCUT2D eigenvalue weighted by molar-refractivity contribution is 0.176. The van der Waals surface area contributed by atoms with Crippen LogP contribution in [-0.4, -0.2) is 44.8 Å². The molecule has 17 heavy (non-hydrogen) atoms. The molecule has 1 aromatic rings. The van der Waals surface area contributed by atoms with E-state index in [0.29, 0.717) is 0 Å². The number of hydrogen-bond acceptors (Lipinski definition) is 4. The van der Waals surface area contributed by atoms with Crippen LogP contribution in [0.25, 0.3) is 0 Å². The number of aromatic nitrogens is 2. The van der Waals surface area contributed by atoms with Crippen LogP contribution in [0, 0.1) is 0 Å². The van der Waals surface area contributed by atoms with Gasteiger partial charge in [-0.2, -0.15) is 0 Å². The molecule has 0 saturated carbocycles. The first-order valence-corrected chi connectivity index (χ1v) is 6.23.